The van der Waals surface area contributed by atoms with Gasteiger partial charge >= 0.3 is 0 Å². The van der Waals surface area contributed by atoms with Gasteiger partial charge in [-0.15, -0.1) is 0 Å². The molecule has 0 saturated heterocycles. The van der Waals surface area contributed by atoms with Gasteiger partial charge in [0.2, 0.25) is 5.89 Å². The standard InChI is InChI=1S/C20H26N6O/c1-5-21-20(25(3)13-16-10-24-26(4)14-16)23-12-19-22-11-18(27-19)17-8-6-15(2)7-9-17/h6-11,14H,5,12-13H2,1-4H3,(H,21,23). The van der Waals surface area contributed by atoms with Gasteiger partial charge in [0.15, 0.2) is 11.7 Å². The summed E-state index contributed by atoms with van der Waals surface area (Å²) in [6, 6.07) is 8.20. The fraction of sp³-hybridized carbons (Fsp3) is 0.350. The molecule has 0 fully saturated rings. The van der Waals surface area contributed by atoms with Crippen molar-refractivity contribution in [1.82, 2.24) is 25.0 Å². The van der Waals surface area contributed by atoms with Gasteiger partial charge in [-0.05, 0) is 13.8 Å². The van der Waals surface area contributed by atoms with Gasteiger partial charge in [-0.25, -0.2) is 9.98 Å². The summed E-state index contributed by atoms with van der Waals surface area (Å²) in [5.74, 6) is 2.15. The van der Waals surface area contributed by atoms with Crippen LogP contribution in [0.1, 0.15) is 23.9 Å². The zero-order chi connectivity index (χ0) is 19.2. The summed E-state index contributed by atoms with van der Waals surface area (Å²) in [5, 5.41) is 7.51. The number of nitrogens with zero attached hydrogens (tertiary/aromatic N) is 5. The molecule has 0 aliphatic heterocycles. The Morgan fingerprint density at radius 2 is 2.04 bits per heavy atom. The molecule has 3 rings (SSSR count). The van der Waals surface area contributed by atoms with E-state index in [0.717, 1.165) is 35.9 Å². The number of aryl methyl sites for hydroxylation is 2. The van der Waals surface area contributed by atoms with E-state index >= 15 is 0 Å². The minimum Gasteiger partial charge on any atom is -0.439 e. The van der Waals surface area contributed by atoms with Gasteiger partial charge in [0.25, 0.3) is 0 Å². The van der Waals surface area contributed by atoms with E-state index in [0.29, 0.717) is 12.4 Å². The van der Waals surface area contributed by atoms with Gasteiger partial charge in [-0.2, -0.15) is 5.10 Å². The molecule has 3 aromatic rings. The van der Waals surface area contributed by atoms with Crippen LogP contribution in [0.2, 0.25) is 0 Å². The molecule has 2 heterocycles. The maximum Gasteiger partial charge on any atom is 0.216 e. The van der Waals surface area contributed by atoms with Crippen LogP contribution in [0.15, 0.2) is 52.3 Å². The third-order valence-corrected chi connectivity index (χ3v) is 4.13. The van der Waals surface area contributed by atoms with Crippen LogP contribution in [-0.2, 0) is 20.1 Å². The van der Waals surface area contributed by atoms with Crippen LogP contribution in [0.3, 0.4) is 0 Å². The van der Waals surface area contributed by atoms with Crippen molar-refractivity contribution in [2.75, 3.05) is 13.6 Å². The molecule has 0 radical (unpaired) electrons. The van der Waals surface area contributed by atoms with Crippen molar-refractivity contribution < 1.29 is 4.42 Å². The fourth-order valence-electron chi connectivity index (χ4n) is 2.75. The lowest BCUT2D eigenvalue weighted by atomic mass is 10.1. The average molecular weight is 366 g/mol. The maximum absolute atomic E-state index is 5.86. The van der Waals surface area contributed by atoms with E-state index in [1.165, 1.54) is 5.56 Å². The van der Waals surface area contributed by atoms with Gasteiger partial charge < -0.3 is 14.6 Å². The molecule has 142 valence electrons. The number of aliphatic imine (C=N–C) groups is 1. The molecule has 27 heavy (non-hydrogen) atoms. The number of benzene rings is 1. The minimum absolute atomic E-state index is 0.381. The van der Waals surface area contributed by atoms with Crippen molar-refractivity contribution in [2.45, 2.75) is 26.9 Å². The highest BCUT2D eigenvalue weighted by Gasteiger charge is 2.10. The van der Waals surface area contributed by atoms with E-state index < -0.39 is 0 Å². The number of hydrogen-bond acceptors (Lipinski definition) is 4. The topological polar surface area (TPSA) is 71.5 Å². The van der Waals surface area contributed by atoms with Crippen LogP contribution in [0.4, 0.5) is 0 Å². The quantitative estimate of drug-likeness (QED) is 0.536. The van der Waals surface area contributed by atoms with E-state index in [1.54, 1.807) is 10.9 Å². The van der Waals surface area contributed by atoms with Gasteiger partial charge in [-0.1, -0.05) is 29.8 Å². The lowest BCUT2D eigenvalue weighted by molar-refractivity contribution is 0.469. The number of aromatic nitrogens is 3. The van der Waals surface area contributed by atoms with E-state index in [2.05, 4.69) is 44.3 Å². The molecule has 1 aromatic carbocycles. The van der Waals surface area contributed by atoms with Crippen LogP contribution in [0.25, 0.3) is 11.3 Å². The summed E-state index contributed by atoms with van der Waals surface area (Å²) in [7, 11) is 3.92. The third kappa shape index (κ3) is 4.97. The first kappa shape index (κ1) is 18.7. The highest BCUT2D eigenvalue weighted by atomic mass is 16.4. The summed E-state index contributed by atoms with van der Waals surface area (Å²) in [6.45, 7) is 6.00. The number of guanidine groups is 1. The smallest absolute Gasteiger partial charge is 0.216 e. The lowest BCUT2D eigenvalue weighted by Crippen LogP contribution is -2.38. The second kappa shape index (κ2) is 8.53. The number of oxazole rings is 1. The number of nitrogens with one attached hydrogen (secondary N) is 1. The highest BCUT2D eigenvalue weighted by molar-refractivity contribution is 5.79. The van der Waals surface area contributed by atoms with Gasteiger partial charge in [0, 0.05) is 44.5 Å². The Morgan fingerprint density at radius 1 is 1.26 bits per heavy atom. The summed E-state index contributed by atoms with van der Waals surface area (Å²) < 4.78 is 7.66. The first-order valence-corrected chi connectivity index (χ1v) is 9.04. The second-order valence-electron chi connectivity index (χ2n) is 6.53. The summed E-state index contributed by atoms with van der Waals surface area (Å²) >= 11 is 0. The summed E-state index contributed by atoms with van der Waals surface area (Å²) in [4.78, 5) is 11.1. The normalized spacial score (nSPS) is 11.6. The van der Waals surface area contributed by atoms with Crippen LogP contribution in [-0.4, -0.2) is 39.2 Å². The van der Waals surface area contributed by atoms with Crippen molar-refractivity contribution in [3.05, 3.63) is 59.9 Å². The number of hydrogen-bond donors (Lipinski definition) is 1. The van der Waals surface area contributed by atoms with E-state index in [-0.39, 0.29) is 0 Å². The molecule has 7 heteroatoms. The molecule has 0 unspecified atom stereocenters. The fourth-order valence-corrected chi connectivity index (χ4v) is 2.75. The first-order chi connectivity index (χ1) is 13.0. The third-order valence-electron chi connectivity index (χ3n) is 4.13. The highest BCUT2D eigenvalue weighted by Crippen LogP contribution is 2.21. The Labute approximate surface area is 159 Å². The Balaban J connectivity index is 1.68. The molecule has 0 aliphatic rings. The maximum atomic E-state index is 5.86. The summed E-state index contributed by atoms with van der Waals surface area (Å²) in [6.07, 6.45) is 5.62. The van der Waals surface area contributed by atoms with E-state index in [1.807, 2.05) is 45.5 Å². The van der Waals surface area contributed by atoms with E-state index in [4.69, 9.17) is 4.42 Å². The predicted octanol–water partition coefficient (Wildman–Crippen LogP) is 2.98. The molecule has 0 saturated carbocycles. The zero-order valence-corrected chi connectivity index (χ0v) is 16.3. The largest absolute Gasteiger partial charge is 0.439 e. The van der Waals surface area contributed by atoms with Crippen molar-refractivity contribution in [2.24, 2.45) is 12.0 Å². The molecule has 0 aliphatic carbocycles. The molecule has 0 bridgehead atoms. The minimum atomic E-state index is 0.381. The predicted molar refractivity (Wildman–Crippen MR) is 106 cm³/mol. The molecular formula is C20H26N6O. The summed E-state index contributed by atoms with van der Waals surface area (Å²) in [5.41, 5.74) is 3.36. The first-order valence-electron chi connectivity index (χ1n) is 9.04. The molecule has 0 amide bonds. The zero-order valence-electron chi connectivity index (χ0n) is 16.3. The van der Waals surface area contributed by atoms with Crippen molar-refractivity contribution in [3.8, 4) is 11.3 Å². The van der Waals surface area contributed by atoms with Crippen LogP contribution in [0, 0.1) is 6.92 Å². The molecule has 1 N–H and O–H groups in total. The van der Waals surface area contributed by atoms with Gasteiger partial charge in [0.05, 0.1) is 12.4 Å². The molecule has 0 spiro atoms. The Bertz CT molecular complexity index is 893. The lowest BCUT2D eigenvalue weighted by Gasteiger charge is -2.21. The van der Waals surface area contributed by atoms with Crippen LogP contribution >= 0.6 is 0 Å². The Morgan fingerprint density at radius 3 is 2.70 bits per heavy atom. The second-order valence-corrected chi connectivity index (χ2v) is 6.53. The molecule has 7 nitrogen and oxygen atoms in total. The molecular weight excluding hydrogens is 340 g/mol. The van der Waals surface area contributed by atoms with Crippen molar-refractivity contribution >= 4 is 5.96 Å². The van der Waals surface area contributed by atoms with Crippen molar-refractivity contribution in [1.29, 1.82) is 0 Å². The average Bonchev–Trinajstić information content (AvgIpc) is 3.28. The van der Waals surface area contributed by atoms with Crippen LogP contribution < -0.4 is 5.32 Å². The van der Waals surface area contributed by atoms with Gasteiger partial charge in [0.1, 0.15) is 6.54 Å². The van der Waals surface area contributed by atoms with Gasteiger partial charge in [-0.3, -0.25) is 4.68 Å². The monoisotopic (exact) mass is 366 g/mol. The number of rotatable bonds is 6. The Kier molecular flexibility index (Phi) is 5.90. The Hall–Kier alpha value is -3.09. The van der Waals surface area contributed by atoms with Crippen LogP contribution in [0.5, 0.6) is 0 Å². The van der Waals surface area contributed by atoms with Crippen molar-refractivity contribution in [3.63, 3.8) is 0 Å². The SMILES string of the molecule is CCNC(=NCc1ncc(-c2ccc(C)cc2)o1)N(C)Cc1cnn(C)c1. The molecule has 2 aromatic heterocycles. The molecule has 0 atom stereocenters. The van der Waals surface area contributed by atoms with E-state index in [9.17, 15) is 0 Å².